The number of hydrogen-bond donors (Lipinski definition) is 2. The van der Waals surface area contributed by atoms with Gasteiger partial charge in [0.15, 0.2) is 0 Å². The lowest BCUT2D eigenvalue weighted by Crippen LogP contribution is -2.66. The molecular weight excluding hydrogens is 733 g/mol. The van der Waals surface area contributed by atoms with E-state index in [9.17, 15) is 14.7 Å². The molecule has 1 fully saturated rings. The van der Waals surface area contributed by atoms with Crippen LogP contribution in [0.25, 0.3) is 0 Å². The second-order valence-electron chi connectivity index (χ2n) is 15.5. The highest BCUT2D eigenvalue weighted by molar-refractivity contribution is 6.99. The maximum absolute atomic E-state index is 13.3. The van der Waals surface area contributed by atoms with Crippen molar-refractivity contribution in [3.05, 3.63) is 195 Å². The van der Waals surface area contributed by atoms with E-state index in [2.05, 4.69) is 50.0 Å². The van der Waals surface area contributed by atoms with Gasteiger partial charge in [0.2, 0.25) is 0 Å². The summed E-state index contributed by atoms with van der Waals surface area (Å²) in [4.78, 5) is 27.9. The highest BCUT2D eigenvalue weighted by Crippen LogP contribution is 2.44. The Morgan fingerprint density at radius 2 is 1.23 bits per heavy atom. The molecule has 1 aliphatic heterocycles. The van der Waals surface area contributed by atoms with Gasteiger partial charge in [-0.3, -0.25) is 14.3 Å². The van der Waals surface area contributed by atoms with Gasteiger partial charge >= 0.3 is 5.69 Å². The minimum absolute atomic E-state index is 0.0301. The summed E-state index contributed by atoms with van der Waals surface area (Å²) in [5.41, 5.74) is 0.385. The van der Waals surface area contributed by atoms with E-state index in [1.165, 1.54) is 16.8 Å². The molecule has 7 rings (SSSR count). The van der Waals surface area contributed by atoms with Crippen LogP contribution in [0.3, 0.4) is 0 Å². The Morgan fingerprint density at radius 1 is 0.719 bits per heavy atom. The number of aromatic amines is 1. The molecule has 1 saturated heterocycles. The van der Waals surface area contributed by atoms with Gasteiger partial charge in [-0.15, -0.1) is 0 Å². The van der Waals surface area contributed by atoms with E-state index in [1.54, 1.807) is 7.11 Å². The van der Waals surface area contributed by atoms with E-state index < -0.39 is 49.5 Å². The van der Waals surface area contributed by atoms with Gasteiger partial charge in [-0.1, -0.05) is 154 Å². The average Bonchev–Trinajstić information content (AvgIpc) is 3.54. The van der Waals surface area contributed by atoms with Crippen molar-refractivity contribution in [3.63, 3.8) is 0 Å². The molecule has 1 aliphatic rings. The third kappa shape index (κ3) is 7.84. The van der Waals surface area contributed by atoms with Crippen molar-refractivity contribution in [3.8, 4) is 5.75 Å². The molecule has 0 radical (unpaired) electrons. The van der Waals surface area contributed by atoms with Crippen LogP contribution in [0.2, 0.25) is 5.04 Å². The monoisotopic (exact) mass is 782 g/mol. The maximum Gasteiger partial charge on any atom is 0.330 e. The summed E-state index contributed by atoms with van der Waals surface area (Å²) in [6.45, 7) is 6.91. The Hall–Kier alpha value is -5.36. The molecule has 57 heavy (non-hydrogen) atoms. The molecule has 6 aromatic rings. The van der Waals surface area contributed by atoms with Gasteiger partial charge < -0.3 is 23.7 Å². The Balaban J connectivity index is 1.24. The van der Waals surface area contributed by atoms with E-state index in [4.69, 9.17) is 18.6 Å². The molecule has 0 aliphatic carbocycles. The number of aliphatic hydroxyl groups excluding tert-OH is 1. The lowest BCUT2D eigenvalue weighted by atomic mass is 9.80. The molecule has 0 bridgehead atoms. The zero-order valence-electron chi connectivity index (χ0n) is 32.8. The number of methoxy groups -OCH3 is 1. The van der Waals surface area contributed by atoms with E-state index in [-0.39, 0.29) is 18.3 Å². The number of hydrogen-bond acceptors (Lipinski definition) is 7. The van der Waals surface area contributed by atoms with E-state index in [0.717, 1.165) is 27.1 Å². The minimum Gasteiger partial charge on any atom is -0.497 e. The molecule has 4 atom stereocenters. The largest absolute Gasteiger partial charge is 0.497 e. The summed E-state index contributed by atoms with van der Waals surface area (Å²) in [5.74, 6) is 0.116. The predicted octanol–water partition coefficient (Wildman–Crippen LogP) is 6.40. The molecule has 0 amide bonds. The Labute approximate surface area is 334 Å². The quantitative estimate of drug-likeness (QED) is 0.0973. The minimum atomic E-state index is -2.91. The molecule has 9 nitrogen and oxygen atoms in total. The summed E-state index contributed by atoms with van der Waals surface area (Å²) < 4.78 is 27.9. The van der Waals surface area contributed by atoms with E-state index in [1.807, 2.05) is 121 Å². The second kappa shape index (κ2) is 17.0. The van der Waals surface area contributed by atoms with E-state index in [0.29, 0.717) is 12.2 Å². The van der Waals surface area contributed by atoms with Gasteiger partial charge in [0.05, 0.1) is 19.8 Å². The van der Waals surface area contributed by atoms with Crippen LogP contribution in [0.5, 0.6) is 5.75 Å². The molecule has 2 heterocycles. The third-order valence-electron chi connectivity index (χ3n) is 11.1. The van der Waals surface area contributed by atoms with Crippen LogP contribution >= 0.6 is 0 Å². The number of H-pyrrole nitrogens is 1. The smallest absolute Gasteiger partial charge is 0.330 e. The summed E-state index contributed by atoms with van der Waals surface area (Å²) >= 11 is 0. The molecule has 1 aromatic heterocycles. The maximum atomic E-state index is 13.3. The first-order valence-electron chi connectivity index (χ1n) is 19.4. The van der Waals surface area contributed by atoms with Gasteiger partial charge in [-0.2, -0.15) is 0 Å². The number of ether oxygens (including phenoxy) is 3. The van der Waals surface area contributed by atoms with Crippen LogP contribution in [0.4, 0.5) is 0 Å². The van der Waals surface area contributed by atoms with Crippen LogP contribution < -0.4 is 26.4 Å². The van der Waals surface area contributed by atoms with Crippen LogP contribution in [0.1, 0.15) is 50.1 Å². The van der Waals surface area contributed by atoms with Crippen molar-refractivity contribution in [2.75, 3.05) is 20.3 Å². The first-order chi connectivity index (χ1) is 27.6. The Kier molecular flexibility index (Phi) is 11.9. The number of nitrogens with zero attached hydrogens (tertiary/aromatic N) is 1. The molecule has 0 saturated carbocycles. The fourth-order valence-electron chi connectivity index (χ4n) is 8.39. The van der Waals surface area contributed by atoms with Crippen LogP contribution in [0.15, 0.2) is 167 Å². The highest BCUT2D eigenvalue weighted by Gasteiger charge is 2.51. The van der Waals surface area contributed by atoms with Crippen molar-refractivity contribution < 1.29 is 23.7 Å². The predicted molar refractivity (Wildman–Crippen MR) is 225 cm³/mol. The van der Waals surface area contributed by atoms with Crippen molar-refractivity contribution in [2.24, 2.45) is 5.92 Å². The molecule has 0 spiro atoms. The van der Waals surface area contributed by atoms with Gasteiger partial charge in [0, 0.05) is 24.8 Å². The van der Waals surface area contributed by atoms with Gasteiger partial charge in [-0.05, 0) is 50.7 Å². The van der Waals surface area contributed by atoms with Crippen LogP contribution in [0, 0.1) is 5.92 Å². The number of aliphatic hydroxyl groups is 1. The molecule has 0 unspecified atom stereocenters. The summed E-state index contributed by atoms with van der Waals surface area (Å²) in [6, 6.07) is 49.7. The zero-order valence-corrected chi connectivity index (χ0v) is 33.8. The SMILES string of the molecule is COc1ccc(C(OC[C@H]2O[C@@H](n3ccc(=O)[nH]c3=O)[C@H](CCO[Si](c3ccccc3)(c3ccccc3)C(C)(C)C)[C@@H]2O)(c2ccccc2)c2ccccc2)cc1. The fraction of sp³-hybridized carbons (Fsp3) is 0.277. The van der Waals surface area contributed by atoms with Crippen molar-refractivity contribution in [1.29, 1.82) is 0 Å². The van der Waals surface area contributed by atoms with Crippen LogP contribution in [-0.4, -0.2) is 55.5 Å². The standard InChI is InChI=1S/C47H50N2O7Si/c1-46(2,3)57(38-21-13-7-14-22-38,39-23-15-8-16-24-39)55-32-30-40-43(51)41(56-44(40)49-31-29-42(50)48-45(49)52)33-54-47(34-17-9-5-10-18-34,35-19-11-6-12-20-35)36-25-27-37(53-4)28-26-36/h5-29,31,40-41,43-44,51H,30,32-33H2,1-4H3,(H,48,50,52)/t40-,41-,43+,44-/m1/s1. The Morgan fingerprint density at radius 3 is 1.72 bits per heavy atom. The number of nitrogens with one attached hydrogen (secondary N) is 1. The molecule has 2 N–H and O–H groups in total. The van der Waals surface area contributed by atoms with E-state index >= 15 is 0 Å². The first kappa shape index (κ1) is 39.9. The Bertz CT molecular complexity index is 2230. The molecule has 5 aromatic carbocycles. The lowest BCUT2D eigenvalue weighted by molar-refractivity contribution is -0.0949. The third-order valence-corrected chi connectivity index (χ3v) is 16.2. The number of aromatic nitrogens is 2. The summed E-state index contributed by atoms with van der Waals surface area (Å²) in [5, 5.41) is 14.3. The number of benzene rings is 5. The average molecular weight is 783 g/mol. The lowest BCUT2D eigenvalue weighted by Gasteiger charge is -2.43. The highest BCUT2D eigenvalue weighted by atomic mass is 28.4. The van der Waals surface area contributed by atoms with Crippen LogP contribution in [-0.2, 0) is 19.5 Å². The second-order valence-corrected chi connectivity index (χ2v) is 19.8. The number of rotatable bonds is 14. The zero-order chi connectivity index (χ0) is 40.0. The molecular formula is C47H50N2O7Si. The van der Waals surface area contributed by atoms with Gasteiger partial charge in [0.1, 0.15) is 23.7 Å². The van der Waals surface area contributed by atoms with Crippen molar-refractivity contribution in [2.45, 2.75) is 56.3 Å². The first-order valence-corrected chi connectivity index (χ1v) is 21.3. The fourth-order valence-corrected chi connectivity index (χ4v) is 13.0. The van der Waals surface area contributed by atoms with Gasteiger partial charge in [-0.25, -0.2) is 4.79 Å². The summed E-state index contributed by atoms with van der Waals surface area (Å²) in [6.07, 6.45) is -1.04. The molecule has 294 valence electrons. The van der Waals surface area contributed by atoms with Crippen molar-refractivity contribution >= 4 is 18.7 Å². The van der Waals surface area contributed by atoms with Gasteiger partial charge in [0.25, 0.3) is 13.9 Å². The van der Waals surface area contributed by atoms with Crippen molar-refractivity contribution in [1.82, 2.24) is 9.55 Å². The summed E-state index contributed by atoms with van der Waals surface area (Å²) in [7, 11) is -1.28. The molecule has 10 heteroatoms. The topological polar surface area (TPSA) is 112 Å². The normalized spacial score (nSPS) is 18.7.